The van der Waals surface area contributed by atoms with Crippen LogP contribution in [-0.4, -0.2) is 21.5 Å². The standard InChI is InChI=1S/C22H29N3O2S/c1-12-13(2)28-20-19(12)21(27)25(11-23-20)10-18(26)24-14(3)22-7-15-4-16(8-22)6-17(5-15)9-22/h11,14-17H,4-10H2,1-3H3,(H,24,26)/t14-,15?,16?,17?,22?/m0/s1. The smallest absolute Gasteiger partial charge is 0.262 e. The maximum atomic E-state index is 12.9. The summed E-state index contributed by atoms with van der Waals surface area (Å²) in [6, 6.07) is 0.172. The predicted octanol–water partition coefficient (Wildman–Crippen LogP) is 3.80. The fraction of sp³-hybridized carbons (Fsp3) is 0.682. The topological polar surface area (TPSA) is 64.0 Å². The minimum Gasteiger partial charge on any atom is -0.352 e. The van der Waals surface area contributed by atoms with Crippen molar-refractivity contribution in [3.8, 4) is 0 Å². The number of aromatic nitrogens is 2. The Balaban J connectivity index is 1.33. The molecule has 5 nitrogen and oxygen atoms in total. The van der Waals surface area contributed by atoms with Gasteiger partial charge in [0.2, 0.25) is 5.91 Å². The normalized spacial score (nSPS) is 32.0. The summed E-state index contributed by atoms with van der Waals surface area (Å²) in [5.41, 5.74) is 1.15. The first-order chi connectivity index (χ1) is 13.3. The van der Waals surface area contributed by atoms with Crippen LogP contribution in [0, 0.1) is 37.0 Å². The Kier molecular flexibility index (Phi) is 4.20. The molecule has 0 radical (unpaired) electrons. The highest BCUT2D eigenvalue weighted by atomic mass is 32.1. The molecule has 2 heterocycles. The summed E-state index contributed by atoms with van der Waals surface area (Å²) < 4.78 is 1.46. The number of carbonyl (C=O) groups excluding carboxylic acids is 1. The van der Waals surface area contributed by atoms with E-state index in [1.54, 1.807) is 0 Å². The van der Waals surface area contributed by atoms with Crippen molar-refractivity contribution in [3.63, 3.8) is 0 Å². The Labute approximate surface area is 169 Å². The summed E-state index contributed by atoms with van der Waals surface area (Å²) in [4.78, 5) is 31.9. The monoisotopic (exact) mass is 399 g/mol. The average Bonchev–Trinajstić information content (AvgIpc) is 2.91. The zero-order valence-corrected chi connectivity index (χ0v) is 17.8. The molecule has 6 heteroatoms. The molecule has 1 atom stereocenters. The lowest BCUT2D eigenvalue weighted by Gasteiger charge is -2.59. The van der Waals surface area contributed by atoms with Gasteiger partial charge in [0.25, 0.3) is 5.56 Å². The van der Waals surface area contributed by atoms with Gasteiger partial charge in [0.1, 0.15) is 11.4 Å². The van der Waals surface area contributed by atoms with Gasteiger partial charge < -0.3 is 5.32 Å². The average molecular weight is 400 g/mol. The van der Waals surface area contributed by atoms with E-state index in [9.17, 15) is 9.59 Å². The quantitative estimate of drug-likeness (QED) is 0.851. The van der Waals surface area contributed by atoms with E-state index in [2.05, 4.69) is 17.2 Å². The van der Waals surface area contributed by atoms with Crippen molar-refractivity contribution >= 4 is 27.5 Å². The maximum Gasteiger partial charge on any atom is 0.262 e. The summed E-state index contributed by atoms with van der Waals surface area (Å²) in [5, 5.41) is 3.92. The molecule has 1 amide bonds. The van der Waals surface area contributed by atoms with Crippen LogP contribution in [0.25, 0.3) is 10.2 Å². The number of thiophene rings is 1. The molecular formula is C22H29N3O2S. The van der Waals surface area contributed by atoms with Gasteiger partial charge in [-0.25, -0.2) is 4.98 Å². The lowest BCUT2D eigenvalue weighted by atomic mass is 9.48. The lowest BCUT2D eigenvalue weighted by molar-refractivity contribution is -0.126. The Bertz CT molecular complexity index is 970. The van der Waals surface area contributed by atoms with Crippen molar-refractivity contribution < 1.29 is 4.79 Å². The SMILES string of the molecule is Cc1sc2ncn(CC(=O)N[C@@H](C)C34CC5CC(CC(C5)C3)C4)c(=O)c2c1C. The molecular weight excluding hydrogens is 370 g/mol. The molecule has 150 valence electrons. The molecule has 6 rings (SSSR count). The largest absolute Gasteiger partial charge is 0.352 e. The summed E-state index contributed by atoms with van der Waals surface area (Å²) in [7, 11) is 0. The van der Waals surface area contributed by atoms with Gasteiger partial charge in [0.05, 0.1) is 11.7 Å². The number of hydrogen-bond acceptors (Lipinski definition) is 4. The zero-order valence-electron chi connectivity index (χ0n) is 17.0. The first-order valence-corrected chi connectivity index (χ1v) is 11.4. The molecule has 4 aliphatic rings. The van der Waals surface area contributed by atoms with Gasteiger partial charge in [-0.15, -0.1) is 11.3 Å². The molecule has 0 saturated heterocycles. The van der Waals surface area contributed by atoms with Crippen molar-refractivity contribution in [2.75, 3.05) is 0 Å². The Morgan fingerprint density at radius 2 is 1.86 bits per heavy atom. The van der Waals surface area contributed by atoms with Gasteiger partial charge in [0.15, 0.2) is 0 Å². The number of hydrogen-bond donors (Lipinski definition) is 1. The van der Waals surface area contributed by atoms with Crippen LogP contribution in [0.15, 0.2) is 11.1 Å². The van der Waals surface area contributed by atoms with Crippen molar-refractivity contribution in [2.24, 2.45) is 23.2 Å². The number of aryl methyl sites for hydroxylation is 2. The number of carbonyl (C=O) groups is 1. The van der Waals surface area contributed by atoms with Crippen molar-refractivity contribution in [3.05, 3.63) is 27.1 Å². The molecule has 28 heavy (non-hydrogen) atoms. The zero-order chi connectivity index (χ0) is 19.6. The van der Waals surface area contributed by atoms with E-state index in [0.717, 1.165) is 33.0 Å². The molecule has 0 aliphatic heterocycles. The van der Waals surface area contributed by atoms with Crippen LogP contribution >= 0.6 is 11.3 Å². The summed E-state index contributed by atoms with van der Waals surface area (Å²) in [5.74, 6) is 2.52. The third-order valence-corrected chi connectivity index (χ3v) is 8.97. The van der Waals surface area contributed by atoms with Crippen molar-refractivity contribution in [2.45, 2.75) is 71.9 Å². The van der Waals surface area contributed by atoms with Crippen LogP contribution in [0.3, 0.4) is 0 Å². The minimum absolute atomic E-state index is 0.0484. The first kappa shape index (κ1) is 18.3. The van der Waals surface area contributed by atoms with Crippen LogP contribution < -0.4 is 10.9 Å². The highest BCUT2D eigenvalue weighted by molar-refractivity contribution is 7.18. The number of rotatable bonds is 4. The molecule has 4 fully saturated rings. The molecule has 0 aromatic carbocycles. The van der Waals surface area contributed by atoms with Gasteiger partial charge in [-0.05, 0) is 88.0 Å². The van der Waals surface area contributed by atoms with Crippen LogP contribution in [0.2, 0.25) is 0 Å². The predicted molar refractivity (Wildman–Crippen MR) is 112 cm³/mol. The van der Waals surface area contributed by atoms with Crippen LogP contribution in [0.5, 0.6) is 0 Å². The molecule has 0 spiro atoms. The van der Waals surface area contributed by atoms with E-state index in [4.69, 9.17) is 0 Å². The van der Waals surface area contributed by atoms with E-state index in [0.29, 0.717) is 5.39 Å². The number of nitrogens with one attached hydrogen (secondary N) is 1. The van der Waals surface area contributed by atoms with E-state index in [-0.39, 0.29) is 29.5 Å². The molecule has 2 aromatic heterocycles. The van der Waals surface area contributed by atoms with Gasteiger partial charge in [-0.2, -0.15) is 0 Å². The van der Waals surface area contributed by atoms with Gasteiger partial charge in [-0.1, -0.05) is 0 Å². The number of amides is 1. The van der Waals surface area contributed by atoms with E-state index < -0.39 is 0 Å². The number of nitrogens with zero attached hydrogens (tertiary/aromatic N) is 2. The third kappa shape index (κ3) is 2.83. The van der Waals surface area contributed by atoms with Crippen LogP contribution in [0.4, 0.5) is 0 Å². The third-order valence-electron chi connectivity index (χ3n) is 7.85. The molecule has 4 bridgehead atoms. The number of fused-ring (bicyclic) bond motifs is 1. The maximum absolute atomic E-state index is 12.9. The molecule has 4 saturated carbocycles. The minimum atomic E-state index is -0.107. The lowest BCUT2D eigenvalue weighted by Crippen LogP contribution is -2.56. The Hall–Kier alpha value is -1.69. The second kappa shape index (κ2) is 6.41. The fourth-order valence-electron chi connectivity index (χ4n) is 6.69. The Morgan fingerprint density at radius 1 is 1.25 bits per heavy atom. The second-order valence-corrected chi connectivity index (χ2v) is 10.9. The van der Waals surface area contributed by atoms with E-state index in [1.165, 1.54) is 60.8 Å². The van der Waals surface area contributed by atoms with Crippen LogP contribution in [-0.2, 0) is 11.3 Å². The van der Waals surface area contributed by atoms with Gasteiger partial charge >= 0.3 is 0 Å². The molecule has 4 aliphatic carbocycles. The second-order valence-electron chi connectivity index (χ2n) is 9.71. The summed E-state index contributed by atoms with van der Waals surface area (Å²) in [6.45, 7) is 6.19. The highest BCUT2D eigenvalue weighted by Gasteiger charge is 2.53. The van der Waals surface area contributed by atoms with Crippen molar-refractivity contribution in [1.29, 1.82) is 0 Å². The fourth-order valence-corrected chi connectivity index (χ4v) is 7.67. The Morgan fingerprint density at radius 3 is 2.46 bits per heavy atom. The van der Waals surface area contributed by atoms with E-state index >= 15 is 0 Å². The first-order valence-electron chi connectivity index (χ1n) is 10.6. The van der Waals surface area contributed by atoms with Gasteiger partial charge in [-0.3, -0.25) is 14.2 Å². The molecule has 2 aromatic rings. The van der Waals surface area contributed by atoms with Gasteiger partial charge in [0, 0.05) is 10.9 Å². The highest BCUT2D eigenvalue weighted by Crippen LogP contribution is 2.61. The summed E-state index contributed by atoms with van der Waals surface area (Å²) >= 11 is 1.54. The van der Waals surface area contributed by atoms with E-state index in [1.807, 2.05) is 13.8 Å². The van der Waals surface area contributed by atoms with Crippen LogP contribution in [0.1, 0.15) is 55.9 Å². The van der Waals surface area contributed by atoms with Crippen molar-refractivity contribution in [1.82, 2.24) is 14.9 Å². The molecule has 1 N–H and O–H groups in total. The summed E-state index contributed by atoms with van der Waals surface area (Å²) in [6.07, 6.45) is 9.53. The molecule has 0 unspecified atom stereocenters.